The van der Waals surface area contributed by atoms with E-state index in [0.717, 1.165) is 24.6 Å². The maximum absolute atomic E-state index is 13.1. The van der Waals surface area contributed by atoms with Crippen LogP contribution in [-0.4, -0.2) is 26.8 Å². The van der Waals surface area contributed by atoms with Gasteiger partial charge in [0, 0.05) is 6.04 Å². The van der Waals surface area contributed by atoms with Crippen LogP contribution < -0.4 is 5.32 Å². The maximum atomic E-state index is 13.1. The Morgan fingerprint density at radius 3 is 2.50 bits per heavy atom. The highest BCUT2D eigenvalue weighted by molar-refractivity contribution is 7.92. The van der Waals surface area contributed by atoms with Crippen molar-refractivity contribution in [2.45, 2.75) is 35.4 Å². The van der Waals surface area contributed by atoms with E-state index >= 15 is 0 Å². The van der Waals surface area contributed by atoms with Crippen molar-refractivity contribution in [1.82, 2.24) is 5.32 Å². The van der Waals surface area contributed by atoms with E-state index in [4.69, 9.17) is 0 Å². The third-order valence-electron chi connectivity index (χ3n) is 3.45. The molecule has 3 nitrogen and oxygen atoms in total. The van der Waals surface area contributed by atoms with E-state index in [1.165, 1.54) is 0 Å². The molecule has 1 aliphatic rings. The molecule has 0 spiro atoms. The van der Waals surface area contributed by atoms with E-state index in [9.17, 15) is 17.2 Å². The summed E-state index contributed by atoms with van der Waals surface area (Å²) in [6.45, 7) is 0. The molecule has 2 unspecified atom stereocenters. The van der Waals surface area contributed by atoms with Gasteiger partial charge in [0.15, 0.2) is 21.5 Å². The normalized spacial score (nSPS) is 24.4. The number of hydrogen-bond acceptors (Lipinski definition) is 3. The molecule has 0 bridgehead atoms. The van der Waals surface area contributed by atoms with E-state index in [0.29, 0.717) is 12.8 Å². The molecule has 0 amide bonds. The lowest BCUT2D eigenvalue weighted by molar-refractivity contribution is 0.504. The SMILES string of the molecule is CNC1CCC(S(=O)(=O)c2ccc(F)c(F)c2)C1. The average Bonchev–Trinajstić information content (AvgIpc) is 2.81. The lowest BCUT2D eigenvalue weighted by Crippen LogP contribution is -2.25. The van der Waals surface area contributed by atoms with E-state index in [-0.39, 0.29) is 10.9 Å². The van der Waals surface area contributed by atoms with Crippen molar-refractivity contribution in [1.29, 1.82) is 0 Å². The van der Waals surface area contributed by atoms with Crippen molar-refractivity contribution in [3.05, 3.63) is 29.8 Å². The van der Waals surface area contributed by atoms with Crippen molar-refractivity contribution in [2.75, 3.05) is 7.05 Å². The van der Waals surface area contributed by atoms with E-state index in [1.54, 1.807) is 7.05 Å². The van der Waals surface area contributed by atoms with Crippen molar-refractivity contribution in [2.24, 2.45) is 0 Å². The third-order valence-corrected chi connectivity index (χ3v) is 5.67. The molecular formula is C12H15F2NO2S. The lowest BCUT2D eigenvalue weighted by atomic mass is 10.3. The Balaban J connectivity index is 2.28. The molecule has 0 aromatic heterocycles. The molecule has 1 aliphatic carbocycles. The van der Waals surface area contributed by atoms with E-state index in [2.05, 4.69) is 5.32 Å². The number of hydrogen-bond donors (Lipinski definition) is 1. The largest absolute Gasteiger partial charge is 0.317 e. The maximum Gasteiger partial charge on any atom is 0.181 e. The van der Waals surface area contributed by atoms with Gasteiger partial charge in [-0.15, -0.1) is 0 Å². The minimum absolute atomic E-state index is 0.136. The summed E-state index contributed by atoms with van der Waals surface area (Å²) < 4.78 is 50.4. The average molecular weight is 275 g/mol. The van der Waals surface area contributed by atoms with Gasteiger partial charge in [0.25, 0.3) is 0 Å². The predicted octanol–water partition coefficient (Wildman–Crippen LogP) is 1.88. The fraction of sp³-hybridized carbons (Fsp3) is 0.500. The molecular weight excluding hydrogens is 260 g/mol. The van der Waals surface area contributed by atoms with Gasteiger partial charge in [-0.05, 0) is 44.5 Å². The van der Waals surface area contributed by atoms with Gasteiger partial charge in [0.1, 0.15) is 0 Å². The molecule has 6 heteroatoms. The summed E-state index contributed by atoms with van der Waals surface area (Å²) in [4.78, 5) is -0.136. The molecule has 18 heavy (non-hydrogen) atoms. The summed E-state index contributed by atoms with van der Waals surface area (Å²) in [5.74, 6) is -2.16. The monoisotopic (exact) mass is 275 g/mol. The van der Waals surface area contributed by atoms with Gasteiger partial charge >= 0.3 is 0 Å². The molecule has 1 aromatic carbocycles. The van der Waals surface area contributed by atoms with Crippen LogP contribution in [0.4, 0.5) is 8.78 Å². The summed E-state index contributed by atoms with van der Waals surface area (Å²) in [5.41, 5.74) is 0. The van der Waals surface area contributed by atoms with Crippen LogP contribution in [0.5, 0.6) is 0 Å². The van der Waals surface area contributed by atoms with Crippen molar-refractivity contribution in [3.63, 3.8) is 0 Å². The van der Waals surface area contributed by atoms with Gasteiger partial charge in [-0.1, -0.05) is 0 Å². The topological polar surface area (TPSA) is 46.2 Å². The molecule has 100 valence electrons. The Hall–Kier alpha value is -1.01. The van der Waals surface area contributed by atoms with Crippen LogP contribution >= 0.6 is 0 Å². The van der Waals surface area contributed by atoms with Crippen LogP contribution in [0.3, 0.4) is 0 Å². The number of rotatable bonds is 3. The Morgan fingerprint density at radius 1 is 1.22 bits per heavy atom. The minimum atomic E-state index is -3.57. The molecule has 0 aliphatic heterocycles. The third kappa shape index (κ3) is 2.40. The Morgan fingerprint density at radius 2 is 1.94 bits per heavy atom. The molecule has 0 saturated heterocycles. The van der Waals surface area contributed by atoms with Crippen LogP contribution in [0.2, 0.25) is 0 Å². The molecule has 1 fully saturated rings. The quantitative estimate of drug-likeness (QED) is 0.857. The number of nitrogens with one attached hydrogen (secondary N) is 1. The zero-order valence-electron chi connectivity index (χ0n) is 9.99. The molecule has 0 radical (unpaired) electrons. The smallest absolute Gasteiger partial charge is 0.181 e. The highest BCUT2D eigenvalue weighted by Gasteiger charge is 2.34. The first-order valence-corrected chi connectivity index (χ1v) is 7.36. The van der Waals surface area contributed by atoms with Crippen LogP contribution in [0.15, 0.2) is 23.1 Å². The predicted molar refractivity (Wildman–Crippen MR) is 64.0 cm³/mol. The minimum Gasteiger partial charge on any atom is -0.317 e. The first kappa shape index (κ1) is 13.4. The second kappa shape index (κ2) is 4.93. The second-order valence-corrected chi connectivity index (χ2v) is 6.77. The summed E-state index contributed by atoms with van der Waals surface area (Å²) in [6.07, 6.45) is 1.84. The van der Waals surface area contributed by atoms with Crippen LogP contribution in [0, 0.1) is 11.6 Å². The molecule has 1 aromatic rings. The van der Waals surface area contributed by atoms with Gasteiger partial charge in [-0.25, -0.2) is 17.2 Å². The van der Waals surface area contributed by atoms with E-state index in [1.807, 2.05) is 0 Å². The standard InChI is InChI=1S/C12H15F2NO2S/c1-15-8-2-3-9(6-8)18(16,17)10-4-5-11(13)12(14)7-10/h4-5,7-9,15H,2-3,6H2,1H3. The first-order valence-electron chi connectivity index (χ1n) is 5.81. The molecule has 0 heterocycles. The van der Waals surface area contributed by atoms with Gasteiger partial charge in [0.05, 0.1) is 10.1 Å². The van der Waals surface area contributed by atoms with Crippen molar-refractivity contribution < 1.29 is 17.2 Å². The molecule has 2 atom stereocenters. The summed E-state index contributed by atoms with van der Waals surface area (Å²) in [6, 6.07) is 2.92. The number of halogens is 2. The molecule has 1 N–H and O–H groups in total. The summed E-state index contributed by atoms with van der Waals surface area (Å²) in [5, 5.41) is 2.53. The zero-order chi connectivity index (χ0) is 13.3. The van der Waals surface area contributed by atoms with Crippen LogP contribution in [0.25, 0.3) is 0 Å². The van der Waals surface area contributed by atoms with Gasteiger partial charge in [-0.3, -0.25) is 0 Å². The lowest BCUT2D eigenvalue weighted by Gasteiger charge is -2.12. The Bertz CT molecular complexity index is 545. The van der Waals surface area contributed by atoms with Gasteiger partial charge in [-0.2, -0.15) is 0 Å². The number of sulfone groups is 1. The molecule has 2 rings (SSSR count). The highest BCUT2D eigenvalue weighted by atomic mass is 32.2. The Kier molecular flexibility index (Phi) is 3.68. The van der Waals surface area contributed by atoms with Crippen LogP contribution in [-0.2, 0) is 9.84 Å². The number of benzene rings is 1. The highest BCUT2D eigenvalue weighted by Crippen LogP contribution is 2.30. The van der Waals surface area contributed by atoms with E-state index < -0.39 is 26.7 Å². The fourth-order valence-corrected chi connectivity index (χ4v) is 4.17. The Labute approximate surface area is 105 Å². The van der Waals surface area contributed by atoms with Crippen LogP contribution in [0.1, 0.15) is 19.3 Å². The first-order chi connectivity index (χ1) is 8.45. The van der Waals surface area contributed by atoms with Gasteiger partial charge < -0.3 is 5.32 Å². The van der Waals surface area contributed by atoms with Gasteiger partial charge in [0.2, 0.25) is 0 Å². The molecule has 1 saturated carbocycles. The summed E-state index contributed by atoms with van der Waals surface area (Å²) in [7, 11) is -1.78. The zero-order valence-corrected chi connectivity index (χ0v) is 10.8. The summed E-state index contributed by atoms with van der Waals surface area (Å²) >= 11 is 0. The van der Waals surface area contributed by atoms with Crippen molar-refractivity contribution in [3.8, 4) is 0 Å². The fourth-order valence-electron chi connectivity index (χ4n) is 2.33. The van der Waals surface area contributed by atoms with Crippen molar-refractivity contribution >= 4 is 9.84 Å². The second-order valence-electron chi connectivity index (χ2n) is 4.54.